The van der Waals surface area contributed by atoms with Gasteiger partial charge in [0.15, 0.2) is 5.78 Å². The molecule has 2 aliphatic heterocycles. The fourth-order valence-electron chi connectivity index (χ4n) is 3.29. The number of likely N-dealkylation sites (tertiary alicyclic amines) is 1. The first-order valence-corrected chi connectivity index (χ1v) is 7.38. The summed E-state index contributed by atoms with van der Waals surface area (Å²) in [6.45, 7) is 1.93. The number of benzene rings is 1. The Morgan fingerprint density at radius 2 is 2.14 bits per heavy atom. The summed E-state index contributed by atoms with van der Waals surface area (Å²) in [5.74, 6) is 1.04. The van der Waals surface area contributed by atoms with Gasteiger partial charge in [0.25, 0.3) is 0 Å². The molecule has 2 unspecified atom stereocenters. The molecule has 3 rings (SSSR count). The van der Waals surface area contributed by atoms with Gasteiger partial charge in [0.1, 0.15) is 5.75 Å². The second-order valence-corrected chi connectivity index (χ2v) is 5.68. The van der Waals surface area contributed by atoms with Crippen molar-refractivity contribution in [1.29, 1.82) is 0 Å². The Hall–Kier alpha value is -1.88. The number of nitrogens with one attached hydrogen (secondary N) is 1. The second kappa shape index (κ2) is 5.85. The van der Waals surface area contributed by atoms with Crippen molar-refractivity contribution in [2.75, 3.05) is 26.7 Å². The van der Waals surface area contributed by atoms with Gasteiger partial charge in [-0.1, -0.05) is 0 Å². The van der Waals surface area contributed by atoms with Crippen molar-refractivity contribution in [3.05, 3.63) is 29.8 Å². The lowest BCUT2D eigenvalue weighted by atomic mass is 9.91. The topological polar surface area (TPSA) is 58.6 Å². The number of carbonyl (C=O) groups is 2. The Balaban J connectivity index is 1.67. The maximum atomic E-state index is 12.4. The average Bonchev–Trinajstić information content (AvgIpc) is 2.90. The molecule has 5 nitrogen and oxygen atoms in total. The van der Waals surface area contributed by atoms with Gasteiger partial charge < -0.3 is 10.1 Å². The van der Waals surface area contributed by atoms with Gasteiger partial charge in [0.05, 0.1) is 19.6 Å². The molecule has 0 bridgehead atoms. The number of hydrogen-bond donors (Lipinski definition) is 1. The number of piperidine rings is 1. The minimum Gasteiger partial charge on any atom is -0.497 e. The minimum atomic E-state index is 0.0578. The van der Waals surface area contributed by atoms with E-state index >= 15 is 0 Å². The maximum absolute atomic E-state index is 12.4. The number of fused-ring (bicyclic) bond motifs is 1. The molecular weight excluding hydrogens is 268 g/mol. The number of ketones is 1. The van der Waals surface area contributed by atoms with Gasteiger partial charge in [0, 0.05) is 18.2 Å². The van der Waals surface area contributed by atoms with Crippen LogP contribution in [0.25, 0.3) is 0 Å². The highest BCUT2D eigenvalue weighted by atomic mass is 16.5. The number of methoxy groups -OCH3 is 1. The highest BCUT2D eigenvalue weighted by molar-refractivity contribution is 5.97. The normalized spacial score (nSPS) is 25.3. The SMILES string of the molecule is COc1ccc(C(=O)CN2CCCC3C(=O)NCC32)cc1. The number of carbonyl (C=O) groups excluding carboxylic acids is 2. The Morgan fingerprint density at radius 3 is 2.86 bits per heavy atom. The zero-order valence-electron chi connectivity index (χ0n) is 12.2. The molecule has 21 heavy (non-hydrogen) atoms. The van der Waals surface area contributed by atoms with Gasteiger partial charge in [-0.3, -0.25) is 14.5 Å². The molecule has 0 aliphatic carbocycles. The van der Waals surface area contributed by atoms with Gasteiger partial charge in [-0.05, 0) is 43.7 Å². The fourth-order valence-corrected chi connectivity index (χ4v) is 3.29. The predicted molar refractivity (Wildman–Crippen MR) is 78.4 cm³/mol. The van der Waals surface area contributed by atoms with Crippen molar-refractivity contribution >= 4 is 11.7 Å². The third kappa shape index (κ3) is 2.78. The van der Waals surface area contributed by atoms with Crippen LogP contribution in [0.1, 0.15) is 23.2 Å². The van der Waals surface area contributed by atoms with Crippen molar-refractivity contribution in [3.8, 4) is 5.75 Å². The van der Waals surface area contributed by atoms with E-state index in [1.54, 1.807) is 31.4 Å². The molecule has 112 valence electrons. The quantitative estimate of drug-likeness (QED) is 0.843. The van der Waals surface area contributed by atoms with Crippen LogP contribution in [0.3, 0.4) is 0 Å². The number of amides is 1. The van der Waals surface area contributed by atoms with Crippen LogP contribution in [-0.4, -0.2) is 49.4 Å². The molecule has 1 aromatic rings. The van der Waals surface area contributed by atoms with Crippen LogP contribution in [0.15, 0.2) is 24.3 Å². The highest BCUT2D eigenvalue weighted by Crippen LogP contribution is 2.27. The van der Waals surface area contributed by atoms with Crippen LogP contribution < -0.4 is 10.1 Å². The Labute approximate surface area is 124 Å². The molecule has 2 atom stereocenters. The maximum Gasteiger partial charge on any atom is 0.224 e. The first kappa shape index (κ1) is 14.1. The van der Waals surface area contributed by atoms with Gasteiger partial charge in [0.2, 0.25) is 5.91 Å². The summed E-state index contributed by atoms with van der Waals surface area (Å²) in [4.78, 5) is 26.3. The van der Waals surface area contributed by atoms with Gasteiger partial charge >= 0.3 is 0 Å². The molecule has 1 aromatic carbocycles. The third-order valence-corrected chi connectivity index (χ3v) is 4.47. The van der Waals surface area contributed by atoms with E-state index in [9.17, 15) is 9.59 Å². The number of ether oxygens (including phenoxy) is 1. The third-order valence-electron chi connectivity index (χ3n) is 4.47. The van der Waals surface area contributed by atoms with Crippen molar-refractivity contribution in [3.63, 3.8) is 0 Å². The van der Waals surface area contributed by atoms with E-state index in [0.717, 1.165) is 25.1 Å². The predicted octanol–water partition coefficient (Wildman–Crippen LogP) is 1.09. The lowest BCUT2D eigenvalue weighted by molar-refractivity contribution is -0.124. The standard InChI is InChI=1S/C16H20N2O3/c1-21-12-6-4-11(5-7-12)15(19)10-18-8-2-3-13-14(18)9-17-16(13)20/h4-7,13-14H,2-3,8-10H2,1H3,(H,17,20). The fraction of sp³-hybridized carbons (Fsp3) is 0.500. The number of rotatable bonds is 4. The van der Waals surface area contributed by atoms with Crippen LogP contribution in [0.5, 0.6) is 5.75 Å². The van der Waals surface area contributed by atoms with Crippen LogP contribution in [0, 0.1) is 5.92 Å². The van der Waals surface area contributed by atoms with Crippen LogP contribution >= 0.6 is 0 Å². The van der Waals surface area contributed by atoms with Gasteiger partial charge in [-0.25, -0.2) is 0 Å². The number of hydrogen-bond acceptors (Lipinski definition) is 4. The van der Waals surface area contributed by atoms with Crippen LogP contribution in [0.4, 0.5) is 0 Å². The van der Waals surface area contributed by atoms with Gasteiger partial charge in [-0.2, -0.15) is 0 Å². The van der Waals surface area contributed by atoms with E-state index in [0.29, 0.717) is 18.7 Å². The summed E-state index contributed by atoms with van der Waals surface area (Å²) >= 11 is 0. The molecule has 2 heterocycles. The minimum absolute atomic E-state index is 0.0578. The van der Waals surface area contributed by atoms with Crippen molar-refractivity contribution in [1.82, 2.24) is 10.2 Å². The largest absolute Gasteiger partial charge is 0.497 e. The van der Waals surface area contributed by atoms with Gasteiger partial charge in [-0.15, -0.1) is 0 Å². The molecule has 5 heteroatoms. The Morgan fingerprint density at radius 1 is 1.38 bits per heavy atom. The van der Waals surface area contributed by atoms with E-state index in [1.807, 2.05) is 0 Å². The zero-order chi connectivity index (χ0) is 14.8. The van der Waals surface area contributed by atoms with Crippen LogP contribution in [0.2, 0.25) is 0 Å². The second-order valence-electron chi connectivity index (χ2n) is 5.68. The number of Topliss-reactive ketones (excluding diaryl/α,β-unsaturated/α-hetero) is 1. The first-order chi connectivity index (χ1) is 10.2. The summed E-state index contributed by atoms with van der Waals surface area (Å²) in [5, 5.41) is 2.91. The molecule has 1 amide bonds. The molecular formula is C16H20N2O3. The summed E-state index contributed by atoms with van der Waals surface area (Å²) in [6, 6.07) is 7.36. The van der Waals surface area contributed by atoms with E-state index < -0.39 is 0 Å². The zero-order valence-corrected chi connectivity index (χ0v) is 12.2. The first-order valence-electron chi connectivity index (χ1n) is 7.38. The molecule has 2 aliphatic rings. The lowest BCUT2D eigenvalue weighted by Gasteiger charge is -2.35. The summed E-state index contributed by atoms with van der Waals surface area (Å²) in [6.07, 6.45) is 1.91. The van der Waals surface area contributed by atoms with Crippen molar-refractivity contribution in [2.24, 2.45) is 5.92 Å². The number of nitrogens with zero attached hydrogens (tertiary/aromatic N) is 1. The monoisotopic (exact) mass is 288 g/mol. The van der Waals surface area contributed by atoms with E-state index in [1.165, 1.54) is 0 Å². The molecule has 0 saturated carbocycles. The molecule has 2 saturated heterocycles. The lowest BCUT2D eigenvalue weighted by Crippen LogP contribution is -2.47. The Bertz CT molecular complexity index is 541. The summed E-state index contributed by atoms with van der Waals surface area (Å²) in [7, 11) is 1.61. The van der Waals surface area contributed by atoms with E-state index in [2.05, 4.69) is 10.2 Å². The smallest absolute Gasteiger partial charge is 0.224 e. The molecule has 1 N–H and O–H groups in total. The van der Waals surface area contributed by atoms with Crippen molar-refractivity contribution in [2.45, 2.75) is 18.9 Å². The molecule has 0 radical (unpaired) electrons. The average molecular weight is 288 g/mol. The molecule has 2 fully saturated rings. The van der Waals surface area contributed by atoms with E-state index in [4.69, 9.17) is 4.74 Å². The molecule has 0 aromatic heterocycles. The van der Waals surface area contributed by atoms with Crippen molar-refractivity contribution < 1.29 is 14.3 Å². The van der Waals surface area contributed by atoms with E-state index in [-0.39, 0.29) is 23.7 Å². The summed E-state index contributed by atoms with van der Waals surface area (Å²) in [5.41, 5.74) is 0.690. The summed E-state index contributed by atoms with van der Waals surface area (Å²) < 4.78 is 5.10. The molecule has 0 spiro atoms. The Kier molecular flexibility index (Phi) is 3.92. The van der Waals surface area contributed by atoms with Crippen LogP contribution in [-0.2, 0) is 4.79 Å². The highest BCUT2D eigenvalue weighted by Gasteiger charge is 2.41.